The SMILES string of the molecule is CCC/C=C/C(=O)c1ccc(-c2ccc(F)cc2)cc1. The first-order chi connectivity index (χ1) is 9.70. The highest BCUT2D eigenvalue weighted by Gasteiger charge is 2.03. The van der Waals surface area contributed by atoms with Crippen molar-refractivity contribution in [1.29, 1.82) is 0 Å². The Bertz CT molecular complexity index is 594. The van der Waals surface area contributed by atoms with Gasteiger partial charge >= 0.3 is 0 Å². The van der Waals surface area contributed by atoms with E-state index in [1.165, 1.54) is 12.1 Å². The molecule has 1 nitrogen and oxygen atoms in total. The number of allylic oxidation sites excluding steroid dienone is 2. The molecule has 0 atom stereocenters. The number of carbonyl (C=O) groups is 1. The molecule has 0 fully saturated rings. The van der Waals surface area contributed by atoms with Gasteiger partial charge in [0.25, 0.3) is 0 Å². The van der Waals surface area contributed by atoms with Gasteiger partial charge in [0.05, 0.1) is 0 Å². The smallest absolute Gasteiger partial charge is 0.185 e. The summed E-state index contributed by atoms with van der Waals surface area (Å²) in [6, 6.07) is 13.7. The lowest BCUT2D eigenvalue weighted by Gasteiger charge is -2.02. The van der Waals surface area contributed by atoms with Crippen LogP contribution in [0, 0.1) is 5.82 Å². The van der Waals surface area contributed by atoms with Crippen molar-refractivity contribution in [3.63, 3.8) is 0 Å². The third-order valence-corrected chi connectivity index (χ3v) is 3.07. The van der Waals surface area contributed by atoms with Gasteiger partial charge in [0.15, 0.2) is 5.78 Å². The Hall–Kier alpha value is -2.22. The first-order valence-electron chi connectivity index (χ1n) is 6.77. The molecule has 102 valence electrons. The highest BCUT2D eigenvalue weighted by atomic mass is 19.1. The second-order valence-electron chi connectivity index (χ2n) is 4.64. The lowest BCUT2D eigenvalue weighted by Crippen LogP contribution is -1.93. The fourth-order valence-electron chi connectivity index (χ4n) is 1.92. The van der Waals surface area contributed by atoms with Gasteiger partial charge in [-0.2, -0.15) is 0 Å². The van der Waals surface area contributed by atoms with Gasteiger partial charge < -0.3 is 0 Å². The van der Waals surface area contributed by atoms with Crippen LogP contribution in [-0.2, 0) is 0 Å². The minimum atomic E-state index is -0.249. The minimum Gasteiger partial charge on any atom is -0.289 e. The van der Waals surface area contributed by atoms with Gasteiger partial charge in [-0.25, -0.2) is 4.39 Å². The van der Waals surface area contributed by atoms with Crippen LogP contribution in [0.3, 0.4) is 0 Å². The quantitative estimate of drug-likeness (QED) is 0.549. The van der Waals surface area contributed by atoms with Gasteiger partial charge in [0.1, 0.15) is 5.82 Å². The van der Waals surface area contributed by atoms with Crippen molar-refractivity contribution in [2.75, 3.05) is 0 Å². The molecule has 2 rings (SSSR count). The van der Waals surface area contributed by atoms with E-state index in [-0.39, 0.29) is 11.6 Å². The van der Waals surface area contributed by atoms with E-state index < -0.39 is 0 Å². The van der Waals surface area contributed by atoms with Crippen molar-refractivity contribution in [3.8, 4) is 11.1 Å². The maximum absolute atomic E-state index is 12.9. The molecule has 0 heterocycles. The van der Waals surface area contributed by atoms with E-state index >= 15 is 0 Å². The lowest BCUT2D eigenvalue weighted by atomic mass is 10.0. The van der Waals surface area contributed by atoms with Crippen molar-refractivity contribution in [3.05, 3.63) is 72.1 Å². The van der Waals surface area contributed by atoms with Crippen LogP contribution in [-0.4, -0.2) is 5.78 Å². The number of rotatable bonds is 5. The summed E-state index contributed by atoms with van der Waals surface area (Å²) in [6.07, 6.45) is 5.47. The second-order valence-corrected chi connectivity index (χ2v) is 4.64. The highest BCUT2D eigenvalue weighted by Crippen LogP contribution is 2.20. The van der Waals surface area contributed by atoms with Gasteiger partial charge in [-0.15, -0.1) is 0 Å². The predicted molar refractivity (Wildman–Crippen MR) is 80.2 cm³/mol. The molecule has 0 unspecified atom stereocenters. The van der Waals surface area contributed by atoms with E-state index in [1.807, 2.05) is 18.2 Å². The topological polar surface area (TPSA) is 17.1 Å². The summed E-state index contributed by atoms with van der Waals surface area (Å²) in [7, 11) is 0. The molecular formula is C18H17FO. The van der Waals surface area contributed by atoms with E-state index in [4.69, 9.17) is 0 Å². The number of halogens is 1. The Kier molecular flexibility index (Phi) is 4.83. The number of hydrogen-bond donors (Lipinski definition) is 0. The zero-order valence-electron chi connectivity index (χ0n) is 11.5. The molecule has 2 heteroatoms. The summed E-state index contributed by atoms with van der Waals surface area (Å²) in [4.78, 5) is 11.9. The van der Waals surface area contributed by atoms with Crippen molar-refractivity contribution < 1.29 is 9.18 Å². The predicted octanol–water partition coefficient (Wildman–Crippen LogP) is 5.03. The molecule has 0 saturated carbocycles. The molecule has 0 amide bonds. The number of unbranched alkanes of at least 4 members (excludes halogenated alkanes) is 1. The summed E-state index contributed by atoms with van der Waals surface area (Å²) in [5, 5.41) is 0. The maximum Gasteiger partial charge on any atom is 0.185 e. The third-order valence-electron chi connectivity index (χ3n) is 3.07. The highest BCUT2D eigenvalue weighted by molar-refractivity contribution is 6.04. The average Bonchev–Trinajstić information content (AvgIpc) is 2.48. The summed E-state index contributed by atoms with van der Waals surface area (Å²) < 4.78 is 12.9. The van der Waals surface area contributed by atoms with Crippen LogP contribution in [0.2, 0.25) is 0 Å². The molecule has 2 aromatic carbocycles. The zero-order chi connectivity index (χ0) is 14.4. The molecule has 0 aliphatic carbocycles. The fourth-order valence-corrected chi connectivity index (χ4v) is 1.92. The monoisotopic (exact) mass is 268 g/mol. The number of carbonyl (C=O) groups excluding carboxylic acids is 1. The van der Waals surface area contributed by atoms with Crippen molar-refractivity contribution in [2.24, 2.45) is 0 Å². The largest absolute Gasteiger partial charge is 0.289 e. The van der Waals surface area contributed by atoms with Gasteiger partial charge in [-0.1, -0.05) is 55.8 Å². The van der Waals surface area contributed by atoms with E-state index in [0.29, 0.717) is 5.56 Å². The van der Waals surface area contributed by atoms with Gasteiger partial charge in [0, 0.05) is 5.56 Å². The van der Waals surface area contributed by atoms with Crippen LogP contribution in [0.15, 0.2) is 60.7 Å². The minimum absolute atomic E-state index is 0.0177. The van der Waals surface area contributed by atoms with E-state index in [2.05, 4.69) is 6.92 Å². The Morgan fingerprint density at radius 2 is 1.55 bits per heavy atom. The molecular weight excluding hydrogens is 251 g/mol. The fraction of sp³-hybridized carbons (Fsp3) is 0.167. The van der Waals surface area contributed by atoms with Gasteiger partial charge in [0.2, 0.25) is 0 Å². The number of ketones is 1. The Balaban J connectivity index is 2.13. The average molecular weight is 268 g/mol. The van der Waals surface area contributed by atoms with E-state index in [1.54, 1.807) is 30.3 Å². The standard InChI is InChI=1S/C18H17FO/c1-2-3-4-5-18(20)16-8-6-14(7-9-16)15-10-12-17(19)13-11-15/h4-13H,2-3H2,1H3/b5-4+. The van der Waals surface area contributed by atoms with Gasteiger partial charge in [-0.05, 0) is 35.8 Å². The first-order valence-corrected chi connectivity index (χ1v) is 6.77. The number of benzene rings is 2. The van der Waals surface area contributed by atoms with Crippen LogP contribution in [0.25, 0.3) is 11.1 Å². The Morgan fingerprint density at radius 1 is 1.00 bits per heavy atom. The molecule has 0 spiro atoms. The summed E-state index contributed by atoms with van der Waals surface area (Å²) in [5.41, 5.74) is 2.58. The van der Waals surface area contributed by atoms with Crippen LogP contribution < -0.4 is 0 Å². The summed E-state index contributed by atoms with van der Waals surface area (Å²) >= 11 is 0. The summed E-state index contributed by atoms with van der Waals surface area (Å²) in [6.45, 7) is 2.08. The molecule has 0 aromatic heterocycles. The normalized spacial score (nSPS) is 10.9. The van der Waals surface area contributed by atoms with Crippen molar-refractivity contribution in [1.82, 2.24) is 0 Å². The maximum atomic E-state index is 12.9. The molecule has 0 aliphatic heterocycles. The molecule has 20 heavy (non-hydrogen) atoms. The first kappa shape index (κ1) is 14.2. The second kappa shape index (κ2) is 6.80. The van der Waals surface area contributed by atoms with Gasteiger partial charge in [-0.3, -0.25) is 4.79 Å². The van der Waals surface area contributed by atoms with Crippen LogP contribution in [0.4, 0.5) is 4.39 Å². The zero-order valence-corrected chi connectivity index (χ0v) is 11.5. The molecule has 2 aromatic rings. The number of hydrogen-bond acceptors (Lipinski definition) is 1. The molecule has 0 N–H and O–H groups in total. The summed E-state index contributed by atoms with van der Waals surface area (Å²) in [5.74, 6) is -0.231. The van der Waals surface area contributed by atoms with Crippen LogP contribution >= 0.6 is 0 Å². The van der Waals surface area contributed by atoms with Crippen LogP contribution in [0.1, 0.15) is 30.1 Å². The third kappa shape index (κ3) is 3.64. The lowest BCUT2D eigenvalue weighted by molar-refractivity contribution is 0.104. The Morgan fingerprint density at radius 3 is 2.10 bits per heavy atom. The Labute approximate surface area is 118 Å². The molecule has 0 radical (unpaired) electrons. The van der Waals surface area contributed by atoms with Crippen molar-refractivity contribution in [2.45, 2.75) is 19.8 Å². The van der Waals surface area contributed by atoms with E-state index in [9.17, 15) is 9.18 Å². The van der Waals surface area contributed by atoms with Crippen molar-refractivity contribution >= 4 is 5.78 Å². The van der Waals surface area contributed by atoms with E-state index in [0.717, 1.165) is 24.0 Å². The van der Waals surface area contributed by atoms with Crippen LogP contribution in [0.5, 0.6) is 0 Å². The molecule has 0 aliphatic rings. The molecule has 0 saturated heterocycles. The molecule has 0 bridgehead atoms.